The number of hydrogen-bond acceptors (Lipinski definition) is 6. The van der Waals surface area contributed by atoms with Crippen LogP contribution in [0.5, 0.6) is 5.75 Å². The van der Waals surface area contributed by atoms with Gasteiger partial charge in [0.25, 0.3) is 0 Å². The first kappa shape index (κ1) is 19.8. The molecule has 0 aliphatic rings. The van der Waals surface area contributed by atoms with Gasteiger partial charge in [0.15, 0.2) is 5.82 Å². The lowest BCUT2D eigenvalue weighted by Gasteiger charge is -2.09. The number of fused-ring (bicyclic) bond motifs is 2. The van der Waals surface area contributed by atoms with E-state index in [0.29, 0.717) is 5.82 Å². The summed E-state index contributed by atoms with van der Waals surface area (Å²) in [7, 11) is 1.65. The number of ether oxygens (including phenoxy) is 1. The Labute approximate surface area is 185 Å². The number of aromatic nitrogens is 2. The van der Waals surface area contributed by atoms with E-state index < -0.39 is 0 Å². The molecule has 32 heavy (non-hydrogen) atoms. The molecule has 5 aromatic rings. The molecule has 6 nitrogen and oxygen atoms in total. The van der Waals surface area contributed by atoms with Gasteiger partial charge in [-0.25, -0.2) is 9.97 Å². The van der Waals surface area contributed by atoms with Gasteiger partial charge >= 0.3 is 0 Å². The summed E-state index contributed by atoms with van der Waals surface area (Å²) in [5.74, 6) is 2.17. The van der Waals surface area contributed by atoms with Crippen molar-refractivity contribution in [1.29, 1.82) is 0 Å². The third-order valence-corrected chi connectivity index (χ3v) is 5.37. The molecule has 3 aromatic carbocycles. The highest BCUT2D eigenvalue weighted by molar-refractivity contribution is 5.88. The fourth-order valence-corrected chi connectivity index (χ4v) is 3.82. The van der Waals surface area contributed by atoms with Crippen molar-refractivity contribution in [2.24, 2.45) is 5.10 Å². The van der Waals surface area contributed by atoms with Gasteiger partial charge in [-0.1, -0.05) is 18.2 Å². The molecule has 0 amide bonds. The van der Waals surface area contributed by atoms with Crippen molar-refractivity contribution >= 4 is 27.7 Å². The first-order chi connectivity index (χ1) is 15.6. The standard InChI is InChI=1S/C26H22N4O2/c1-16-12-17(2)25-21(13-16)23(14-24(32-25)18-8-10-19(31-3)11-9-18)29-30-26-20-6-4-5-7-22(20)27-15-28-26/h4-15H,1-3H3,(H,27,28,30)/b29-23+. The number of methoxy groups -OCH3 is 1. The molecule has 0 saturated heterocycles. The smallest absolute Gasteiger partial charge is 0.157 e. The molecule has 6 heteroatoms. The summed E-state index contributed by atoms with van der Waals surface area (Å²) in [6.45, 7) is 4.12. The van der Waals surface area contributed by atoms with Crippen LogP contribution >= 0.6 is 0 Å². The van der Waals surface area contributed by atoms with Gasteiger partial charge in [0.05, 0.1) is 18.0 Å². The van der Waals surface area contributed by atoms with Crippen LogP contribution in [-0.2, 0) is 0 Å². The van der Waals surface area contributed by atoms with Crippen LogP contribution in [-0.4, -0.2) is 17.1 Å². The second kappa shape index (κ2) is 8.15. The lowest BCUT2D eigenvalue weighted by Crippen LogP contribution is -2.09. The average Bonchev–Trinajstić information content (AvgIpc) is 2.82. The Balaban J connectivity index is 1.69. The van der Waals surface area contributed by atoms with Crippen molar-refractivity contribution < 1.29 is 9.15 Å². The number of nitrogens with zero attached hydrogens (tertiary/aromatic N) is 3. The third kappa shape index (κ3) is 3.67. The van der Waals surface area contributed by atoms with E-state index in [-0.39, 0.29) is 0 Å². The van der Waals surface area contributed by atoms with Gasteiger partial charge in [-0.2, -0.15) is 5.10 Å². The molecular formula is C26H22N4O2. The molecule has 0 spiro atoms. The van der Waals surface area contributed by atoms with Crippen LogP contribution in [0.25, 0.3) is 33.2 Å². The Morgan fingerprint density at radius 1 is 0.906 bits per heavy atom. The van der Waals surface area contributed by atoms with E-state index in [1.807, 2.05) is 61.5 Å². The molecule has 158 valence electrons. The number of rotatable bonds is 4. The number of aryl methyl sites for hydroxylation is 2. The third-order valence-electron chi connectivity index (χ3n) is 5.37. The normalized spacial score (nSPS) is 11.8. The Bertz CT molecular complexity index is 1500. The zero-order valence-electron chi connectivity index (χ0n) is 18.1. The Kier molecular flexibility index (Phi) is 5.03. The minimum atomic E-state index is 0.653. The molecule has 0 unspecified atom stereocenters. The molecule has 2 heterocycles. The van der Waals surface area contributed by atoms with Crippen molar-refractivity contribution in [3.05, 3.63) is 89.5 Å². The number of hydrogen-bond donors (Lipinski definition) is 1. The summed E-state index contributed by atoms with van der Waals surface area (Å²) in [5, 5.41) is 7.35. The van der Waals surface area contributed by atoms with E-state index in [9.17, 15) is 0 Å². The molecule has 0 bridgehead atoms. The van der Waals surface area contributed by atoms with E-state index in [0.717, 1.165) is 55.4 Å². The fraction of sp³-hybridized carbons (Fsp3) is 0.115. The molecular weight excluding hydrogens is 400 g/mol. The maximum atomic E-state index is 6.32. The monoisotopic (exact) mass is 422 g/mol. The first-order valence-electron chi connectivity index (χ1n) is 10.3. The average molecular weight is 422 g/mol. The predicted octanol–water partition coefficient (Wildman–Crippen LogP) is 5.60. The summed E-state index contributed by atoms with van der Waals surface area (Å²) in [5.41, 5.74) is 7.95. The first-order valence-corrected chi connectivity index (χ1v) is 10.3. The molecule has 0 aliphatic heterocycles. The van der Waals surface area contributed by atoms with Crippen molar-refractivity contribution in [1.82, 2.24) is 9.97 Å². The molecule has 0 atom stereocenters. The zero-order chi connectivity index (χ0) is 22.1. The Morgan fingerprint density at radius 2 is 1.72 bits per heavy atom. The van der Waals surface area contributed by atoms with Gasteiger partial charge in [-0.15, -0.1) is 0 Å². The highest BCUT2D eigenvalue weighted by atomic mass is 16.5. The van der Waals surface area contributed by atoms with Crippen LogP contribution in [0.2, 0.25) is 0 Å². The molecule has 2 aromatic heterocycles. The summed E-state index contributed by atoms with van der Waals surface area (Å²) in [4.78, 5) is 8.70. The number of para-hydroxylation sites is 1. The highest BCUT2D eigenvalue weighted by Crippen LogP contribution is 2.27. The lowest BCUT2D eigenvalue weighted by atomic mass is 10.1. The largest absolute Gasteiger partial charge is 0.497 e. The zero-order valence-corrected chi connectivity index (χ0v) is 18.1. The van der Waals surface area contributed by atoms with Gasteiger partial charge in [0.2, 0.25) is 0 Å². The number of nitrogens with one attached hydrogen (secondary N) is 1. The van der Waals surface area contributed by atoms with Gasteiger partial charge in [-0.05, 0) is 67.4 Å². The maximum Gasteiger partial charge on any atom is 0.157 e. The van der Waals surface area contributed by atoms with Gasteiger partial charge in [0.1, 0.15) is 23.4 Å². The van der Waals surface area contributed by atoms with E-state index in [1.165, 1.54) is 6.33 Å². The molecule has 0 saturated carbocycles. The highest BCUT2D eigenvalue weighted by Gasteiger charge is 2.10. The molecule has 0 radical (unpaired) electrons. The van der Waals surface area contributed by atoms with Crippen LogP contribution in [0.4, 0.5) is 5.82 Å². The summed E-state index contributed by atoms with van der Waals surface area (Å²) in [6, 6.07) is 21.8. The summed E-state index contributed by atoms with van der Waals surface area (Å²) in [6.07, 6.45) is 1.54. The minimum absolute atomic E-state index is 0.653. The van der Waals surface area contributed by atoms with Crippen LogP contribution in [0.3, 0.4) is 0 Å². The van der Waals surface area contributed by atoms with E-state index in [2.05, 4.69) is 34.5 Å². The Morgan fingerprint density at radius 3 is 2.53 bits per heavy atom. The lowest BCUT2D eigenvalue weighted by molar-refractivity contribution is 0.415. The molecule has 5 rings (SSSR count). The second-order valence-corrected chi connectivity index (χ2v) is 7.65. The van der Waals surface area contributed by atoms with Crippen molar-refractivity contribution in [3.8, 4) is 17.1 Å². The van der Waals surface area contributed by atoms with Gasteiger partial charge < -0.3 is 9.15 Å². The molecule has 0 fully saturated rings. The summed E-state index contributed by atoms with van der Waals surface area (Å²) >= 11 is 0. The molecule has 0 aliphatic carbocycles. The predicted molar refractivity (Wildman–Crippen MR) is 126 cm³/mol. The van der Waals surface area contributed by atoms with E-state index in [4.69, 9.17) is 14.3 Å². The topological polar surface area (TPSA) is 72.5 Å². The number of benzene rings is 3. The fourth-order valence-electron chi connectivity index (χ4n) is 3.82. The minimum Gasteiger partial charge on any atom is -0.497 e. The van der Waals surface area contributed by atoms with Crippen LogP contribution in [0.15, 0.2) is 82.6 Å². The van der Waals surface area contributed by atoms with Crippen LogP contribution < -0.4 is 15.5 Å². The van der Waals surface area contributed by atoms with Gasteiger partial charge in [0, 0.05) is 22.4 Å². The van der Waals surface area contributed by atoms with E-state index >= 15 is 0 Å². The van der Waals surface area contributed by atoms with Crippen molar-refractivity contribution in [3.63, 3.8) is 0 Å². The SMILES string of the molecule is COc1ccc(-c2c/c(=N\Nc3ncnc4ccccc34)c3cc(C)cc(C)c3o2)cc1. The van der Waals surface area contributed by atoms with Gasteiger partial charge in [-0.3, -0.25) is 5.43 Å². The van der Waals surface area contributed by atoms with E-state index in [1.54, 1.807) is 7.11 Å². The quantitative estimate of drug-likeness (QED) is 0.382. The summed E-state index contributed by atoms with van der Waals surface area (Å²) < 4.78 is 11.6. The molecule has 1 N–H and O–H groups in total. The Hall–Kier alpha value is -4.19. The van der Waals surface area contributed by atoms with Crippen molar-refractivity contribution in [2.75, 3.05) is 12.5 Å². The van der Waals surface area contributed by atoms with Crippen molar-refractivity contribution in [2.45, 2.75) is 13.8 Å². The van der Waals surface area contributed by atoms with Crippen LogP contribution in [0, 0.1) is 13.8 Å². The second-order valence-electron chi connectivity index (χ2n) is 7.65. The maximum absolute atomic E-state index is 6.32. The number of anilines is 1. The van der Waals surface area contributed by atoms with Crippen LogP contribution in [0.1, 0.15) is 11.1 Å².